The molecular formula is C25H25ClN4O3S. The monoisotopic (exact) mass is 496 g/mol. The van der Waals surface area contributed by atoms with Crippen molar-refractivity contribution >= 4 is 51.0 Å². The highest BCUT2D eigenvalue weighted by Gasteiger charge is 2.24. The molecule has 4 rings (SSSR count). The molecule has 2 heterocycles. The Morgan fingerprint density at radius 1 is 1.15 bits per heavy atom. The molecule has 3 N–H and O–H groups in total. The number of para-hydroxylation sites is 1. The van der Waals surface area contributed by atoms with E-state index < -0.39 is 12.1 Å². The number of nitrogens with one attached hydrogen (secondary N) is 3. The van der Waals surface area contributed by atoms with Gasteiger partial charge in [0.25, 0.3) is 0 Å². The third kappa shape index (κ3) is 5.95. The van der Waals surface area contributed by atoms with Crippen LogP contribution in [-0.2, 0) is 16.0 Å². The van der Waals surface area contributed by atoms with Crippen molar-refractivity contribution in [3.63, 3.8) is 0 Å². The van der Waals surface area contributed by atoms with Crippen LogP contribution in [0.2, 0.25) is 5.02 Å². The van der Waals surface area contributed by atoms with Gasteiger partial charge in [0.05, 0.1) is 12.3 Å². The van der Waals surface area contributed by atoms with Gasteiger partial charge in [-0.3, -0.25) is 4.79 Å². The topological polar surface area (TPSA) is 96.1 Å². The molecular weight excluding hydrogens is 472 g/mol. The number of anilines is 1. The van der Waals surface area contributed by atoms with Gasteiger partial charge >= 0.3 is 6.09 Å². The summed E-state index contributed by atoms with van der Waals surface area (Å²) in [7, 11) is 0. The van der Waals surface area contributed by atoms with Gasteiger partial charge in [0, 0.05) is 39.5 Å². The van der Waals surface area contributed by atoms with Gasteiger partial charge in [-0.1, -0.05) is 55.8 Å². The average Bonchev–Trinajstić information content (AvgIpc) is 3.45. The van der Waals surface area contributed by atoms with Gasteiger partial charge in [-0.2, -0.15) is 0 Å². The molecule has 0 fully saturated rings. The molecule has 7 nitrogen and oxygen atoms in total. The fraction of sp³-hybridized carbons (Fsp3) is 0.240. The van der Waals surface area contributed by atoms with Gasteiger partial charge in [0.15, 0.2) is 5.13 Å². The summed E-state index contributed by atoms with van der Waals surface area (Å²) in [5, 5.41) is 9.49. The van der Waals surface area contributed by atoms with Crippen molar-refractivity contribution in [1.82, 2.24) is 15.3 Å². The summed E-state index contributed by atoms with van der Waals surface area (Å²) in [5.74, 6) is -0.183. The van der Waals surface area contributed by atoms with Crippen molar-refractivity contribution in [3.8, 4) is 11.3 Å². The summed E-state index contributed by atoms with van der Waals surface area (Å²) in [6.07, 6.45) is 1.52. The van der Waals surface area contributed by atoms with Crippen LogP contribution in [0.15, 0.2) is 60.1 Å². The first-order valence-corrected chi connectivity index (χ1v) is 12.2. The molecule has 0 spiro atoms. The molecule has 2 amide bonds. The Bertz CT molecular complexity index is 1280. The number of aromatic amines is 1. The molecule has 0 saturated heterocycles. The van der Waals surface area contributed by atoms with Crippen LogP contribution in [0.4, 0.5) is 9.93 Å². The van der Waals surface area contributed by atoms with Crippen molar-refractivity contribution in [2.75, 3.05) is 11.9 Å². The van der Waals surface area contributed by atoms with E-state index >= 15 is 0 Å². The van der Waals surface area contributed by atoms with Crippen molar-refractivity contribution in [1.29, 1.82) is 0 Å². The summed E-state index contributed by atoms with van der Waals surface area (Å²) in [5.41, 5.74) is 3.51. The van der Waals surface area contributed by atoms with Crippen LogP contribution in [0.1, 0.15) is 19.4 Å². The van der Waals surface area contributed by atoms with E-state index in [4.69, 9.17) is 16.3 Å². The Balaban J connectivity index is 1.51. The molecule has 1 atom stereocenters. The smallest absolute Gasteiger partial charge is 0.407 e. The second-order valence-corrected chi connectivity index (χ2v) is 9.58. The second-order valence-electron chi connectivity index (χ2n) is 8.29. The molecule has 0 radical (unpaired) electrons. The van der Waals surface area contributed by atoms with Crippen LogP contribution in [0.25, 0.3) is 22.2 Å². The molecule has 2 aromatic carbocycles. The van der Waals surface area contributed by atoms with Gasteiger partial charge in [-0.15, -0.1) is 11.3 Å². The van der Waals surface area contributed by atoms with Crippen molar-refractivity contribution in [2.45, 2.75) is 26.3 Å². The number of aromatic nitrogens is 2. The minimum atomic E-state index is -0.846. The number of alkyl carbamates (subject to hydrolysis) is 1. The maximum Gasteiger partial charge on any atom is 0.407 e. The number of benzene rings is 2. The van der Waals surface area contributed by atoms with Crippen LogP contribution >= 0.6 is 22.9 Å². The summed E-state index contributed by atoms with van der Waals surface area (Å²) < 4.78 is 5.25. The SMILES string of the molecule is CC(C)COC(=O)N[C@H](Cc1c[nH]c2ccccc12)C(=O)Nc1nc(-c2ccc(Cl)cc2)cs1. The lowest BCUT2D eigenvalue weighted by atomic mass is 10.0. The number of hydrogen-bond donors (Lipinski definition) is 3. The molecule has 0 aliphatic carbocycles. The van der Waals surface area contributed by atoms with Crippen LogP contribution in [0.3, 0.4) is 0 Å². The first-order valence-electron chi connectivity index (χ1n) is 10.9. The molecule has 34 heavy (non-hydrogen) atoms. The Kier molecular flexibility index (Phi) is 7.49. The van der Waals surface area contributed by atoms with Gasteiger partial charge in [-0.05, 0) is 29.7 Å². The number of hydrogen-bond acceptors (Lipinski definition) is 5. The van der Waals surface area contributed by atoms with E-state index in [0.29, 0.717) is 16.6 Å². The van der Waals surface area contributed by atoms with E-state index in [9.17, 15) is 9.59 Å². The number of rotatable bonds is 8. The third-order valence-electron chi connectivity index (χ3n) is 5.13. The van der Waals surface area contributed by atoms with Crippen molar-refractivity contribution in [2.24, 2.45) is 5.92 Å². The molecule has 9 heteroatoms. The highest BCUT2D eigenvalue weighted by atomic mass is 35.5. The normalized spacial score (nSPS) is 12.0. The minimum absolute atomic E-state index is 0.188. The lowest BCUT2D eigenvalue weighted by molar-refractivity contribution is -0.118. The Morgan fingerprint density at radius 2 is 1.91 bits per heavy atom. The van der Waals surface area contributed by atoms with E-state index in [-0.39, 0.29) is 18.4 Å². The molecule has 0 aliphatic heterocycles. The summed E-state index contributed by atoms with van der Waals surface area (Å²) >= 11 is 7.27. The first-order chi connectivity index (χ1) is 16.4. The number of nitrogens with zero attached hydrogens (tertiary/aromatic N) is 1. The zero-order valence-electron chi connectivity index (χ0n) is 18.8. The fourth-order valence-corrected chi connectivity index (χ4v) is 4.28. The number of fused-ring (bicyclic) bond motifs is 1. The number of carbonyl (C=O) groups excluding carboxylic acids is 2. The molecule has 0 saturated carbocycles. The largest absolute Gasteiger partial charge is 0.449 e. The quantitative estimate of drug-likeness (QED) is 0.284. The van der Waals surface area contributed by atoms with Gasteiger partial charge in [0.2, 0.25) is 5.91 Å². The van der Waals surface area contributed by atoms with Crippen LogP contribution in [0.5, 0.6) is 0 Å². The number of H-pyrrole nitrogens is 1. The van der Waals surface area contributed by atoms with Crippen molar-refractivity contribution < 1.29 is 14.3 Å². The highest BCUT2D eigenvalue weighted by Crippen LogP contribution is 2.26. The van der Waals surface area contributed by atoms with Crippen molar-refractivity contribution in [3.05, 3.63) is 70.7 Å². The molecule has 176 valence electrons. The second kappa shape index (κ2) is 10.7. The number of halogens is 1. The molecule has 0 unspecified atom stereocenters. The molecule has 0 aliphatic rings. The number of ether oxygens (including phenoxy) is 1. The lowest BCUT2D eigenvalue weighted by Crippen LogP contribution is -2.45. The van der Waals surface area contributed by atoms with Gasteiger partial charge in [0.1, 0.15) is 6.04 Å². The zero-order chi connectivity index (χ0) is 24.1. The maximum absolute atomic E-state index is 13.2. The third-order valence-corrected chi connectivity index (χ3v) is 6.14. The molecule has 4 aromatic rings. The molecule has 0 bridgehead atoms. The van der Waals surface area contributed by atoms with Crippen LogP contribution in [0, 0.1) is 5.92 Å². The van der Waals surface area contributed by atoms with Crippen LogP contribution in [-0.4, -0.2) is 34.6 Å². The number of amides is 2. The summed E-state index contributed by atoms with van der Waals surface area (Å²) in [4.78, 5) is 33.3. The summed E-state index contributed by atoms with van der Waals surface area (Å²) in [6, 6.07) is 14.3. The Morgan fingerprint density at radius 3 is 2.68 bits per heavy atom. The summed E-state index contributed by atoms with van der Waals surface area (Å²) in [6.45, 7) is 4.17. The molecule has 2 aromatic heterocycles. The van der Waals surface area contributed by atoms with E-state index in [1.54, 1.807) is 12.1 Å². The standard InChI is InChI=1S/C25H25ClN4O3S/c1-15(2)13-33-25(32)29-21(11-17-12-27-20-6-4-3-5-19(17)20)23(31)30-24-28-22(14-34-24)16-7-9-18(26)10-8-16/h3-10,12,14-15,21,27H,11,13H2,1-2H3,(H,29,32)(H,28,30,31)/t21-/m1/s1. The highest BCUT2D eigenvalue weighted by molar-refractivity contribution is 7.14. The average molecular weight is 497 g/mol. The fourth-order valence-electron chi connectivity index (χ4n) is 3.43. The Hall–Kier alpha value is -3.36. The Labute approximate surface area is 206 Å². The van der Waals surface area contributed by atoms with Crippen LogP contribution < -0.4 is 10.6 Å². The van der Waals surface area contributed by atoms with E-state index in [1.165, 1.54) is 11.3 Å². The zero-order valence-corrected chi connectivity index (χ0v) is 20.4. The van der Waals surface area contributed by atoms with Gasteiger partial charge < -0.3 is 20.4 Å². The van der Waals surface area contributed by atoms with E-state index in [0.717, 1.165) is 27.7 Å². The predicted octanol–water partition coefficient (Wildman–Crippen LogP) is 5.88. The van der Waals surface area contributed by atoms with E-state index in [1.807, 2.05) is 61.8 Å². The van der Waals surface area contributed by atoms with E-state index in [2.05, 4.69) is 20.6 Å². The predicted molar refractivity (Wildman–Crippen MR) is 136 cm³/mol. The first kappa shape index (κ1) is 23.8. The number of carbonyl (C=O) groups is 2. The number of thiazole rings is 1. The maximum atomic E-state index is 13.2. The van der Waals surface area contributed by atoms with Gasteiger partial charge in [-0.25, -0.2) is 9.78 Å². The minimum Gasteiger partial charge on any atom is -0.449 e. The lowest BCUT2D eigenvalue weighted by Gasteiger charge is -2.18.